The van der Waals surface area contributed by atoms with Crippen LogP contribution >= 0.6 is 11.3 Å². The third kappa shape index (κ3) is 4.63. The smallest absolute Gasteiger partial charge is 0.258 e. The molecule has 3 N–H and O–H groups in total. The molecule has 1 fully saturated rings. The molecule has 0 aliphatic heterocycles. The second-order valence-electron chi connectivity index (χ2n) is 8.17. The molecular weight excluding hydrogens is 510 g/mol. The van der Waals surface area contributed by atoms with Gasteiger partial charge in [0.15, 0.2) is 14.9 Å². The van der Waals surface area contributed by atoms with Crippen molar-refractivity contribution in [3.8, 4) is 16.6 Å². The van der Waals surface area contributed by atoms with Crippen LogP contribution in [0.25, 0.3) is 21.6 Å². The maximum atomic E-state index is 12.7. The lowest BCUT2D eigenvalue weighted by molar-refractivity contribution is 0.346. The number of nitrogens with one attached hydrogen (secondary N) is 3. The Morgan fingerprint density at radius 3 is 2.63 bits per heavy atom. The number of H-pyrrole nitrogens is 1. The number of nitriles is 1. The quantitative estimate of drug-likeness (QED) is 0.325. The highest BCUT2D eigenvalue weighted by molar-refractivity contribution is 7.92. The van der Waals surface area contributed by atoms with E-state index < -0.39 is 19.9 Å². The van der Waals surface area contributed by atoms with Gasteiger partial charge in [0.2, 0.25) is 0 Å². The topological polar surface area (TPSA) is 171 Å². The molecule has 35 heavy (non-hydrogen) atoms. The van der Waals surface area contributed by atoms with Crippen LogP contribution in [0, 0.1) is 11.3 Å². The largest absolute Gasteiger partial charge is 0.381 e. The molecule has 0 atom stereocenters. The third-order valence-corrected chi connectivity index (χ3v) is 9.85. The van der Waals surface area contributed by atoms with Crippen LogP contribution in [-0.2, 0) is 19.9 Å². The SMILES string of the molecule is CS(=O)(=O)c1cnc(-c2cnc3[nH]ccc3c2N[C@H]2C[C@@H](NS(=O)(=O)c3cc(C#N)ccn3)C2)s1. The third-order valence-electron chi connectivity index (χ3n) is 5.61. The fourth-order valence-electron chi connectivity index (χ4n) is 3.82. The first-order chi connectivity index (χ1) is 16.6. The zero-order chi connectivity index (χ0) is 24.8. The summed E-state index contributed by atoms with van der Waals surface area (Å²) < 4.78 is 52.0. The molecule has 0 radical (unpaired) electrons. The van der Waals surface area contributed by atoms with E-state index >= 15 is 0 Å². The molecule has 0 spiro atoms. The Balaban J connectivity index is 1.35. The number of anilines is 1. The molecule has 4 aromatic rings. The fourth-order valence-corrected chi connectivity index (χ4v) is 6.81. The summed E-state index contributed by atoms with van der Waals surface area (Å²) in [7, 11) is -7.24. The number of aromatic amines is 1. The number of pyridine rings is 2. The number of sulfone groups is 1. The number of rotatable bonds is 7. The predicted molar refractivity (Wildman–Crippen MR) is 130 cm³/mol. The number of thiazole rings is 1. The first-order valence-corrected chi connectivity index (χ1v) is 14.6. The number of sulfonamides is 1. The van der Waals surface area contributed by atoms with Crippen molar-refractivity contribution < 1.29 is 16.8 Å². The van der Waals surface area contributed by atoms with Gasteiger partial charge in [0.1, 0.15) is 14.9 Å². The van der Waals surface area contributed by atoms with E-state index in [4.69, 9.17) is 5.26 Å². The van der Waals surface area contributed by atoms with Gasteiger partial charge in [-0.1, -0.05) is 0 Å². The van der Waals surface area contributed by atoms with Gasteiger partial charge in [-0.05, 0) is 31.0 Å². The van der Waals surface area contributed by atoms with E-state index in [0.29, 0.717) is 29.1 Å². The summed E-state index contributed by atoms with van der Waals surface area (Å²) in [4.78, 5) is 15.6. The summed E-state index contributed by atoms with van der Waals surface area (Å²) in [5, 5.41) is 13.6. The molecule has 0 saturated heterocycles. The molecule has 4 aromatic heterocycles. The highest BCUT2D eigenvalue weighted by Gasteiger charge is 2.34. The van der Waals surface area contributed by atoms with Crippen molar-refractivity contribution in [3.63, 3.8) is 0 Å². The van der Waals surface area contributed by atoms with Gasteiger partial charge in [0, 0.05) is 42.3 Å². The minimum Gasteiger partial charge on any atom is -0.381 e. The van der Waals surface area contributed by atoms with Crippen molar-refractivity contribution in [3.05, 3.63) is 48.5 Å². The van der Waals surface area contributed by atoms with Crippen molar-refractivity contribution in [2.45, 2.75) is 34.2 Å². The molecule has 14 heteroatoms. The van der Waals surface area contributed by atoms with Crippen molar-refractivity contribution in [2.75, 3.05) is 11.6 Å². The normalized spacial score (nSPS) is 18.2. The van der Waals surface area contributed by atoms with Crippen LogP contribution in [0.3, 0.4) is 0 Å². The van der Waals surface area contributed by atoms with Gasteiger partial charge in [0.05, 0.1) is 29.1 Å². The standard InChI is InChI=1S/C21H19N7O4S3/c1-34(29,30)18-11-26-21(33-18)16-10-25-20-15(3-5-24-20)19(16)27-13-7-14(8-13)28-35(31,32)17-6-12(9-22)2-4-23-17/h2-6,10-11,13-14,28H,7-8H2,1H3,(H2,24,25,27)/t13-,14+. The number of fused-ring (bicyclic) bond motifs is 1. The van der Waals surface area contributed by atoms with Crippen LogP contribution in [0.15, 0.2) is 52.2 Å². The Bertz CT molecular complexity index is 1680. The molecule has 180 valence electrons. The van der Waals surface area contributed by atoms with E-state index in [2.05, 4.69) is 30.0 Å². The van der Waals surface area contributed by atoms with E-state index in [9.17, 15) is 16.8 Å². The van der Waals surface area contributed by atoms with E-state index in [1.807, 2.05) is 12.1 Å². The summed E-state index contributed by atoms with van der Waals surface area (Å²) in [6.45, 7) is 0. The number of hydrogen-bond donors (Lipinski definition) is 3. The Kier molecular flexibility index (Phi) is 5.80. The monoisotopic (exact) mass is 529 g/mol. The Labute approximate surface area is 205 Å². The van der Waals surface area contributed by atoms with Crippen LogP contribution < -0.4 is 10.0 Å². The van der Waals surface area contributed by atoms with E-state index in [-0.39, 0.29) is 26.9 Å². The second-order valence-corrected chi connectivity index (χ2v) is 13.1. The molecule has 0 aromatic carbocycles. The lowest BCUT2D eigenvalue weighted by Gasteiger charge is -2.37. The Morgan fingerprint density at radius 2 is 1.91 bits per heavy atom. The van der Waals surface area contributed by atoms with E-state index in [0.717, 1.165) is 28.7 Å². The van der Waals surface area contributed by atoms with Crippen molar-refractivity contribution in [1.29, 1.82) is 5.26 Å². The summed E-state index contributed by atoms with van der Waals surface area (Å²) in [6.07, 6.45) is 8.21. The van der Waals surface area contributed by atoms with E-state index in [1.165, 1.54) is 24.5 Å². The van der Waals surface area contributed by atoms with Crippen molar-refractivity contribution in [1.82, 2.24) is 24.7 Å². The Morgan fingerprint density at radius 1 is 1.11 bits per heavy atom. The minimum absolute atomic E-state index is 0.0327. The maximum Gasteiger partial charge on any atom is 0.258 e. The summed E-state index contributed by atoms with van der Waals surface area (Å²) in [5.41, 5.74) is 2.30. The highest BCUT2D eigenvalue weighted by atomic mass is 32.2. The minimum atomic E-state index is -3.86. The molecule has 4 heterocycles. The second kappa shape index (κ2) is 8.68. The van der Waals surface area contributed by atoms with Crippen LogP contribution in [-0.4, -0.2) is 55.1 Å². The molecule has 11 nitrogen and oxygen atoms in total. The first kappa shape index (κ1) is 23.4. The molecule has 0 amide bonds. The van der Waals surface area contributed by atoms with Gasteiger partial charge < -0.3 is 10.3 Å². The van der Waals surface area contributed by atoms with Crippen LogP contribution in [0.4, 0.5) is 5.69 Å². The zero-order valence-electron chi connectivity index (χ0n) is 18.3. The maximum absolute atomic E-state index is 12.7. The van der Waals surface area contributed by atoms with Gasteiger partial charge in [-0.2, -0.15) is 5.26 Å². The van der Waals surface area contributed by atoms with Gasteiger partial charge in [-0.3, -0.25) is 0 Å². The Hall–Kier alpha value is -3.38. The summed E-state index contributed by atoms with van der Waals surface area (Å²) >= 11 is 1.07. The van der Waals surface area contributed by atoms with Crippen molar-refractivity contribution >= 4 is 47.9 Å². The van der Waals surface area contributed by atoms with Gasteiger partial charge in [0.25, 0.3) is 10.0 Å². The summed E-state index contributed by atoms with van der Waals surface area (Å²) in [6, 6.07) is 6.12. The van der Waals surface area contributed by atoms with Crippen LogP contribution in [0.1, 0.15) is 18.4 Å². The fraction of sp³-hybridized carbons (Fsp3) is 0.238. The number of aromatic nitrogens is 4. The molecule has 1 aliphatic rings. The van der Waals surface area contributed by atoms with Gasteiger partial charge in [-0.25, -0.2) is 36.5 Å². The average molecular weight is 530 g/mol. The molecule has 5 rings (SSSR count). The molecular formula is C21H19N7O4S3. The van der Waals surface area contributed by atoms with Crippen LogP contribution in [0.5, 0.6) is 0 Å². The lowest BCUT2D eigenvalue weighted by atomic mass is 9.87. The molecule has 0 bridgehead atoms. The molecule has 1 aliphatic carbocycles. The van der Waals surface area contributed by atoms with Crippen LogP contribution in [0.2, 0.25) is 0 Å². The van der Waals surface area contributed by atoms with Crippen molar-refractivity contribution in [2.24, 2.45) is 0 Å². The number of hydrogen-bond acceptors (Lipinski definition) is 10. The molecule has 0 unspecified atom stereocenters. The average Bonchev–Trinajstić information content (AvgIpc) is 3.47. The highest BCUT2D eigenvalue weighted by Crippen LogP contribution is 2.38. The first-order valence-electron chi connectivity index (χ1n) is 10.4. The van der Waals surface area contributed by atoms with E-state index in [1.54, 1.807) is 12.4 Å². The summed E-state index contributed by atoms with van der Waals surface area (Å²) in [5.74, 6) is 0. The lowest BCUT2D eigenvalue weighted by Crippen LogP contribution is -2.49. The molecule has 1 saturated carbocycles. The number of nitrogens with zero attached hydrogens (tertiary/aromatic N) is 4. The zero-order valence-corrected chi connectivity index (χ0v) is 20.7. The van der Waals surface area contributed by atoms with Gasteiger partial charge >= 0.3 is 0 Å². The predicted octanol–water partition coefficient (Wildman–Crippen LogP) is 2.28. The van der Waals surface area contributed by atoms with Gasteiger partial charge in [-0.15, -0.1) is 11.3 Å².